The van der Waals surface area contributed by atoms with Crippen molar-refractivity contribution in [1.82, 2.24) is 34.2 Å². The van der Waals surface area contributed by atoms with Crippen molar-refractivity contribution in [3.05, 3.63) is 70.5 Å². The van der Waals surface area contributed by atoms with Gasteiger partial charge in [0, 0.05) is 58.0 Å². The van der Waals surface area contributed by atoms with Gasteiger partial charge in [0.2, 0.25) is 11.9 Å². The van der Waals surface area contributed by atoms with Gasteiger partial charge >= 0.3 is 0 Å². The van der Waals surface area contributed by atoms with E-state index in [1.165, 1.54) is 0 Å². The van der Waals surface area contributed by atoms with Gasteiger partial charge in [-0.15, -0.1) is 0 Å². The Balaban J connectivity index is 1.33. The number of para-hydroxylation sites is 1. The van der Waals surface area contributed by atoms with E-state index in [-0.39, 0.29) is 17.9 Å². The summed E-state index contributed by atoms with van der Waals surface area (Å²) in [6, 6.07) is 11.5. The summed E-state index contributed by atoms with van der Waals surface area (Å²) in [5, 5.41) is 4.66. The molecule has 35 heavy (non-hydrogen) atoms. The maximum Gasteiger partial charge on any atom is 0.273 e. The highest BCUT2D eigenvalue weighted by atomic mass is 16.2. The molecular weight excluding hydrogens is 444 g/mol. The number of piperazine rings is 1. The summed E-state index contributed by atoms with van der Waals surface area (Å²) in [4.78, 5) is 43.4. The number of aryl methyl sites for hydroxylation is 3. The van der Waals surface area contributed by atoms with Crippen molar-refractivity contribution in [2.45, 2.75) is 33.2 Å². The Morgan fingerprint density at radius 3 is 2.40 bits per heavy atom. The molecule has 0 spiro atoms. The Hall–Kier alpha value is -4.08. The molecule has 1 aliphatic rings. The number of amides is 1. The van der Waals surface area contributed by atoms with Gasteiger partial charge in [0.25, 0.3) is 5.56 Å². The van der Waals surface area contributed by atoms with Crippen molar-refractivity contribution < 1.29 is 4.79 Å². The predicted molar refractivity (Wildman–Crippen MR) is 133 cm³/mol. The first-order valence-corrected chi connectivity index (χ1v) is 11.9. The van der Waals surface area contributed by atoms with Crippen molar-refractivity contribution in [2.75, 3.05) is 31.1 Å². The van der Waals surface area contributed by atoms with Crippen molar-refractivity contribution >= 4 is 23.0 Å². The number of carbonyl (C=O) groups is 1. The SMILES string of the molecule is CCn1c(=O)c(CCC(=O)N2CCN(c3ncccn3)CC2)nc2c(C)nn(-c3ccccc3)c21. The summed E-state index contributed by atoms with van der Waals surface area (Å²) >= 11 is 0. The summed E-state index contributed by atoms with van der Waals surface area (Å²) in [6.45, 7) is 6.88. The lowest BCUT2D eigenvalue weighted by molar-refractivity contribution is -0.131. The number of carbonyl (C=O) groups excluding carboxylic acids is 1. The van der Waals surface area contributed by atoms with Gasteiger partial charge in [0.05, 0.1) is 11.4 Å². The van der Waals surface area contributed by atoms with Crippen LogP contribution in [0.3, 0.4) is 0 Å². The molecule has 0 atom stereocenters. The van der Waals surface area contributed by atoms with E-state index < -0.39 is 0 Å². The summed E-state index contributed by atoms with van der Waals surface area (Å²) < 4.78 is 3.47. The molecule has 0 unspecified atom stereocenters. The number of nitrogens with zero attached hydrogens (tertiary/aromatic N) is 8. The molecule has 1 aromatic carbocycles. The fourth-order valence-corrected chi connectivity index (χ4v) is 4.51. The van der Waals surface area contributed by atoms with Crippen LogP contribution in [0.1, 0.15) is 24.7 Å². The Morgan fingerprint density at radius 2 is 1.71 bits per heavy atom. The lowest BCUT2D eigenvalue weighted by atomic mass is 10.2. The van der Waals surface area contributed by atoms with Gasteiger partial charge < -0.3 is 9.80 Å². The molecule has 3 aromatic heterocycles. The second-order valence-corrected chi connectivity index (χ2v) is 8.53. The largest absolute Gasteiger partial charge is 0.339 e. The molecule has 4 heterocycles. The second-order valence-electron chi connectivity index (χ2n) is 8.53. The topological polar surface area (TPSA) is 102 Å². The van der Waals surface area contributed by atoms with Crippen LogP contribution in [0.4, 0.5) is 5.95 Å². The van der Waals surface area contributed by atoms with Crippen LogP contribution < -0.4 is 10.5 Å². The number of hydrogen-bond donors (Lipinski definition) is 0. The van der Waals surface area contributed by atoms with Crippen LogP contribution in [-0.2, 0) is 17.8 Å². The Labute approximate surface area is 202 Å². The van der Waals surface area contributed by atoms with E-state index in [2.05, 4.69) is 25.0 Å². The van der Waals surface area contributed by atoms with Crippen molar-refractivity contribution in [3.63, 3.8) is 0 Å². The van der Waals surface area contributed by atoms with Crippen LogP contribution in [0.25, 0.3) is 16.9 Å². The monoisotopic (exact) mass is 472 g/mol. The molecule has 10 heteroatoms. The summed E-state index contributed by atoms with van der Waals surface area (Å²) in [5.74, 6) is 0.711. The first-order valence-electron chi connectivity index (χ1n) is 11.9. The quantitative estimate of drug-likeness (QED) is 0.423. The van der Waals surface area contributed by atoms with Gasteiger partial charge in [0.1, 0.15) is 11.2 Å². The van der Waals surface area contributed by atoms with Crippen LogP contribution in [-0.4, -0.2) is 66.3 Å². The molecule has 1 amide bonds. The standard InChI is InChI=1S/C25H28N8O2/c1-3-32-23-22(18(2)29-33(23)19-8-5-4-6-9-19)28-20(24(32)35)10-11-21(34)30-14-16-31(17-15-30)25-26-12-7-13-27-25/h4-9,12-13H,3,10-11,14-17H2,1-2H3. The minimum absolute atomic E-state index is 0.0275. The Kier molecular flexibility index (Phi) is 6.26. The van der Waals surface area contributed by atoms with E-state index >= 15 is 0 Å². The zero-order chi connectivity index (χ0) is 24.4. The Bertz CT molecular complexity index is 1390. The minimum atomic E-state index is -0.170. The molecule has 4 aromatic rings. The van der Waals surface area contributed by atoms with Gasteiger partial charge in [0.15, 0.2) is 5.65 Å². The third kappa shape index (κ3) is 4.39. The van der Waals surface area contributed by atoms with Crippen molar-refractivity contribution in [1.29, 1.82) is 0 Å². The smallest absolute Gasteiger partial charge is 0.273 e. The van der Waals surface area contributed by atoms with E-state index in [0.717, 1.165) is 11.4 Å². The van der Waals surface area contributed by atoms with E-state index in [9.17, 15) is 9.59 Å². The summed E-state index contributed by atoms with van der Waals surface area (Å²) in [7, 11) is 0. The number of anilines is 1. The molecule has 0 bridgehead atoms. The molecule has 5 rings (SSSR count). The maximum absolute atomic E-state index is 13.3. The first kappa shape index (κ1) is 22.7. The average Bonchev–Trinajstić information content (AvgIpc) is 3.24. The number of rotatable bonds is 6. The van der Waals surface area contributed by atoms with E-state index in [1.807, 2.05) is 49.1 Å². The van der Waals surface area contributed by atoms with Crippen LogP contribution in [0, 0.1) is 6.92 Å². The van der Waals surface area contributed by atoms with Crippen LogP contribution in [0.2, 0.25) is 0 Å². The second kappa shape index (κ2) is 9.65. The fraction of sp³-hybridized carbons (Fsp3) is 0.360. The molecule has 0 N–H and O–H groups in total. The highest BCUT2D eigenvalue weighted by molar-refractivity contribution is 5.78. The van der Waals surface area contributed by atoms with Crippen molar-refractivity contribution in [2.24, 2.45) is 0 Å². The summed E-state index contributed by atoms with van der Waals surface area (Å²) in [5.41, 5.74) is 3.22. The third-order valence-corrected chi connectivity index (χ3v) is 6.36. The zero-order valence-corrected chi connectivity index (χ0v) is 20.0. The molecule has 1 saturated heterocycles. The lowest BCUT2D eigenvalue weighted by Crippen LogP contribution is -2.49. The molecule has 180 valence electrons. The molecule has 0 radical (unpaired) electrons. The van der Waals surface area contributed by atoms with Gasteiger partial charge in [-0.1, -0.05) is 18.2 Å². The predicted octanol–water partition coefficient (Wildman–Crippen LogP) is 1.98. The Morgan fingerprint density at radius 1 is 1.00 bits per heavy atom. The van der Waals surface area contributed by atoms with Crippen molar-refractivity contribution in [3.8, 4) is 5.69 Å². The lowest BCUT2D eigenvalue weighted by Gasteiger charge is -2.34. The van der Waals surface area contributed by atoms with E-state index in [1.54, 1.807) is 27.7 Å². The minimum Gasteiger partial charge on any atom is -0.339 e. The molecule has 0 saturated carbocycles. The van der Waals surface area contributed by atoms with Crippen LogP contribution >= 0.6 is 0 Å². The highest BCUT2D eigenvalue weighted by Gasteiger charge is 2.24. The van der Waals surface area contributed by atoms with Crippen LogP contribution in [0.5, 0.6) is 0 Å². The zero-order valence-electron chi connectivity index (χ0n) is 20.0. The molecule has 1 fully saturated rings. The number of hydrogen-bond acceptors (Lipinski definition) is 7. The summed E-state index contributed by atoms with van der Waals surface area (Å²) in [6.07, 6.45) is 3.98. The molecule has 10 nitrogen and oxygen atoms in total. The van der Waals surface area contributed by atoms with Gasteiger partial charge in [-0.2, -0.15) is 5.10 Å². The normalized spacial score (nSPS) is 14.0. The van der Waals surface area contributed by atoms with Gasteiger partial charge in [-0.3, -0.25) is 14.2 Å². The number of benzene rings is 1. The average molecular weight is 473 g/mol. The van der Waals surface area contributed by atoms with Gasteiger partial charge in [-0.05, 0) is 32.0 Å². The van der Waals surface area contributed by atoms with E-state index in [4.69, 9.17) is 0 Å². The fourth-order valence-electron chi connectivity index (χ4n) is 4.51. The molecule has 0 aliphatic carbocycles. The maximum atomic E-state index is 13.3. The van der Waals surface area contributed by atoms with E-state index in [0.29, 0.717) is 62.0 Å². The number of aromatic nitrogens is 6. The van der Waals surface area contributed by atoms with Gasteiger partial charge in [-0.25, -0.2) is 19.6 Å². The third-order valence-electron chi connectivity index (χ3n) is 6.36. The highest BCUT2D eigenvalue weighted by Crippen LogP contribution is 2.20. The van der Waals surface area contributed by atoms with Crippen LogP contribution in [0.15, 0.2) is 53.6 Å². The molecular formula is C25H28N8O2. The first-order chi connectivity index (χ1) is 17.1. The molecule has 1 aliphatic heterocycles. The number of fused-ring (bicyclic) bond motifs is 1.